The second kappa shape index (κ2) is 6.39. The van der Waals surface area contributed by atoms with Gasteiger partial charge in [0.2, 0.25) is 5.78 Å². The third-order valence-corrected chi connectivity index (χ3v) is 3.47. The van der Waals surface area contributed by atoms with E-state index in [1.807, 2.05) is 0 Å². The topological polar surface area (TPSA) is 86.7 Å². The molecule has 0 radical (unpaired) electrons. The molecule has 0 N–H and O–H groups in total. The number of carbonyl (C=O) groups excluding carboxylic acids is 1. The predicted octanol–water partition coefficient (Wildman–Crippen LogP) is 1.29. The molecule has 0 rings (SSSR count). The van der Waals surface area contributed by atoms with E-state index < -0.39 is 35.7 Å². The quantitative estimate of drug-likeness (QED) is 0.512. The van der Waals surface area contributed by atoms with Crippen LogP contribution in [0.3, 0.4) is 0 Å². The minimum Gasteiger partial charge on any atom is -0.291 e. The third-order valence-electron chi connectivity index (χ3n) is 1.53. The molecule has 8 heteroatoms. The standard InChI is InChI=1S/C8H16O6PS/c1-5-13-15(10)8(7(9)6(2)3)14-16(4,11)12/h6,8H,5H2,1-4H3/q+1. The molecule has 0 aliphatic heterocycles. The van der Waals surface area contributed by atoms with Crippen LogP contribution in [-0.4, -0.2) is 32.9 Å². The Morgan fingerprint density at radius 2 is 1.88 bits per heavy atom. The van der Waals surface area contributed by atoms with Crippen molar-refractivity contribution in [2.45, 2.75) is 26.6 Å². The molecule has 0 bridgehead atoms. The molecule has 0 aromatic rings. The summed E-state index contributed by atoms with van der Waals surface area (Å²) < 4.78 is 42.5. The fourth-order valence-corrected chi connectivity index (χ4v) is 2.90. The van der Waals surface area contributed by atoms with Crippen LogP contribution in [0.1, 0.15) is 20.8 Å². The average Bonchev–Trinajstić information content (AvgIpc) is 2.11. The van der Waals surface area contributed by atoms with E-state index in [1.54, 1.807) is 20.8 Å². The van der Waals surface area contributed by atoms with Crippen LogP contribution in [0.15, 0.2) is 0 Å². The van der Waals surface area contributed by atoms with Crippen LogP contribution in [0.25, 0.3) is 0 Å². The zero-order valence-corrected chi connectivity index (χ0v) is 11.4. The molecule has 0 heterocycles. The zero-order valence-electron chi connectivity index (χ0n) is 9.67. The van der Waals surface area contributed by atoms with E-state index >= 15 is 0 Å². The minimum absolute atomic E-state index is 0.115. The lowest BCUT2D eigenvalue weighted by atomic mass is 10.1. The van der Waals surface area contributed by atoms with Gasteiger partial charge in [0.1, 0.15) is 0 Å². The van der Waals surface area contributed by atoms with Gasteiger partial charge in [0, 0.05) is 5.92 Å². The molecule has 0 aromatic heterocycles. The Bertz CT molecular complexity index is 361. The molecule has 94 valence electrons. The summed E-state index contributed by atoms with van der Waals surface area (Å²) in [6, 6.07) is 0. The maximum absolute atomic E-state index is 11.6. The zero-order chi connectivity index (χ0) is 12.9. The molecule has 6 nitrogen and oxygen atoms in total. The summed E-state index contributed by atoms with van der Waals surface area (Å²) in [7, 11) is -6.33. The van der Waals surface area contributed by atoms with Gasteiger partial charge < -0.3 is 0 Å². The maximum atomic E-state index is 11.6. The largest absolute Gasteiger partial charge is 0.550 e. The highest BCUT2D eigenvalue weighted by molar-refractivity contribution is 7.86. The summed E-state index contributed by atoms with van der Waals surface area (Å²) in [5.41, 5.74) is 0. The van der Waals surface area contributed by atoms with Crippen LogP contribution in [0.5, 0.6) is 0 Å². The van der Waals surface area contributed by atoms with Gasteiger partial charge in [-0.25, -0.2) is 4.18 Å². The fraction of sp³-hybridized carbons (Fsp3) is 0.875. The van der Waals surface area contributed by atoms with Gasteiger partial charge in [0.25, 0.3) is 10.1 Å². The predicted molar refractivity (Wildman–Crippen MR) is 58.8 cm³/mol. The van der Waals surface area contributed by atoms with E-state index in [1.165, 1.54) is 0 Å². The Morgan fingerprint density at radius 1 is 1.38 bits per heavy atom. The maximum Gasteiger partial charge on any atom is 0.550 e. The van der Waals surface area contributed by atoms with Crippen LogP contribution in [0, 0.1) is 5.92 Å². The van der Waals surface area contributed by atoms with Crippen LogP contribution in [0.2, 0.25) is 0 Å². The first-order valence-electron chi connectivity index (χ1n) is 4.70. The van der Waals surface area contributed by atoms with E-state index in [4.69, 9.17) is 4.52 Å². The van der Waals surface area contributed by atoms with E-state index in [-0.39, 0.29) is 6.61 Å². The molecule has 0 saturated carbocycles. The first-order valence-corrected chi connectivity index (χ1v) is 7.76. The van der Waals surface area contributed by atoms with Crippen molar-refractivity contribution in [2.24, 2.45) is 5.92 Å². The van der Waals surface area contributed by atoms with Gasteiger partial charge in [-0.1, -0.05) is 13.8 Å². The number of hydrogen-bond acceptors (Lipinski definition) is 6. The van der Waals surface area contributed by atoms with Gasteiger partial charge >= 0.3 is 13.9 Å². The summed E-state index contributed by atoms with van der Waals surface area (Å²) in [5, 5.41) is 0. The lowest BCUT2D eigenvalue weighted by Gasteiger charge is -2.07. The van der Waals surface area contributed by atoms with Gasteiger partial charge in [-0.15, -0.1) is 4.52 Å². The SMILES string of the molecule is CCO[P+](=O)C(OS(C)(=O)=O)C(=O)C(C)C. The van der Waals surface area contributed by atoms with Crippen LogP contribution < -0.4 is 0 Å². The second-order valence-corrected chi connectivity index (χ2v) is 6.31. The fourth-order valence-electron chi connectivity index (χ4n) is 0.832. The Hall–Kier alpha value is -0.360. The van der Waals surface area contributed by atoms with E-state index in [0.717, 1.165) is 6.26 Å². The molecule has 0 fully saturated rings. The molecule has 0 amide bonds. The number of Topliss-reactive ketones (excluding diaryl/α,β-unsaturated/α-hetero) is 1. The van der Waals surface area contributed by atoms with E-state index in [2.05, 4.69) is 4.18 Å². The first kappa shape index (κ1) is 15.6. The third kappa shape index (κ3) is 5.65. The summed E-state index contributed by atoms with van der Waals surface area (Å²) in [6.45, 7) is 4.83. The number of hydrogen-bond donors (Lipinski definition) is 0. The first-order chi connectivity index (χ1) is 7.19. The highest BCUT2D eigenvalue weighted by Crippen LogP contribution is 2.33. The van der Waals surface area contributed by atoms with E-state index in [9.17, 15) is 17.8 Å². The number of ketones is 1. The van der Waals surface area contributed by atoms with Crippen molar-refractivity contribution >= 4 is 23.9 Å². The molecule has 16 heavy (non-hydrogen) atoms. The van der Waals surface area contributed by atoms with Gasteiger partial charge in [-0.3, -0.25) is 4.79 Å². The molecule has 0 aromatic carbocycles. The summed E-state index contributed by atoms with van der Waals surface area (Å²) >= 11 is 0. The van der Waals surface area contributed by atoms with Crippen molar-refractivity contribution in [3.63, 3.8) is 0 Å². The number of rotatable bonds is 7. The monoisotopic (exact) mass is 271 g/mol. The normalized spacial score (nSPS) is 14.9. The molecule has 0 aliphatic carbocycles. The summed E-state index contributed by atoms with van der Waals surface area (Å²) in [6.07, 6.45) is 0.794. The molecular weight excluding hydrogens is 255 g/mol. The van der Waals surface area contributed by atoms with Gasteiger partial charge in [-0.2, -0.15) is 8.42 Å². The smallest absolute Gasteiger partial charge is 0.291 e. The molecule has 2 atom stereocenters. The lowest BCUT2D eigenvalue weighted by Crippen LogP contribution is -2.28. The van der Waals surface area contributed by atoms with Crippen molar-refractivity contribution in [3.05, 3.63) is 0 Å². The Balaban J connectivity index is 4.91. The van der Waals surface area contributed by atoms with Crippen LogP contribution in [0.4, 0.5) is 0 Å². The number of carbonyl (C=O) groups is 1. The Labute approximate surface area is 96.3 Å². The lowest BCUT2D eigenvalue weighted by molar-refractivity contribution is -0.125. The van der Waals surface area contributed by atoms with Gasteiger partial charge in [-0.05, 0) is 11.5 Å². The van der Waals surface area contributed by atoms with Crippen molar-refractivity contribution in [2.75, 3.05) is 12.9 Å². The average molecular weight is 271 g/mol. The molecule has 0 spiro atoms. The van der Waals surface area contributed by atoms with Gasteiger partial charge in [0.15, 0.2) is 0 Å². The minimum atomic E-state index is -3.85. The van der Waals surface area contributed by atoms with Crippen molar-refractivity contribution in [1.82, 2.24) is 0 Å². The highest BCUT2D eigenvalue weighted by atomic mass is 32.2. The molecule has 2 unspecified atom stereocenters. The Kier molecular flexibility index (Phi) is 6.25. The highest BCUT2D eigenvalue weighted by Gasteiger charge is 2.44. The molecule has 0 aliphatic rings. The van der Waals surface area contributed by atoms with Crippen molar-refractivity contribution in [3.8, 4) is 0 Å². The molecule has 0 saturated heterocycles. The van der Waals surface area contributed by atoms with Crippen molar-refractivity contribution in [1.29, 1.82) is 0 Å². The summed E-state index contributed by atoms with van der Waals surface area (Å²) in [4.78, 5) is 11.6. The summed E-state index contributed by atoms with van der Waals surface area (Å²) in [5.74, 6) is -2.59. The van der Waals surface area contributed by atoms with Crippen LogP contribution >= 0.6 is 8.03 Å². The van der Waals surface area contributed by atoms with E-state index in [0.29, 0.717) is 0 Å². The van der Waals surface area contributed by atoms with Crippen molar-refractivity contribution < 1.29 is 26.5 Å². The van der Waals surface area contributed by atoms with Crippen LogP contribution in [-0.2, 0) is 28.2 Å². The van der Waals surface area contributed by atoms with Gasteiger partial charge in [0.05, 0.1) is 12.9 Å². The molecular formula is C8H16O6PS+. The second-order valence-electron chi connectivity index (χ2n) is 3.41. The Morgan fingerprint density at radius 3 is 2.19 bits per heavy atom.